The molecule has 30 heavy (non-hydrogen) atoms. The number of halogens is 2. The maximum Gasteiger partial charge on any atom is 0.278 e. The van der Waals surface area contributed by atoms with E-state index in [9.17, 15) is 9.59 Å². The van der Waals surface area contributed by atoms with Gasteiger partial charge in [0.05, 0.1) is 23.7 Å². The number of imide groups is 1. The van der Waals surface area contributed by atoms with Gasteiger partial charge in [-0.15, -0.1) is 0 Å². The fourth-order valence-corrected chi connectivity index (χ4v) is 3.79. The Morgan fingerprint density at radius 2 is 1.80 bits per heavy atom. The number of hydrogen-bond donors (Lipinski definition) is 1. The number of anilines is 1. The van der Waals surface area contributed by atoms with Crippen molar-refractivity contribution in [1.82, 2.24) is 4.90 Å². The molecule has 0 atom stereocenters. The lowest BCUT2D eigenvalue weighted by molar-refractivity contribution is -0.137. The van der Waals surface area contributed by atoms with Gasteiger partial charge in [-0.05, 0) is 24.3 Å². The molecule has 0 bridgehead atoms. The van der Waals surface area contributed by atoms with E-state index in [1.54, 1.807) is 30.3 Å². The normalized spacial score (nSPS) is 15.8. The number of rotatable bonds is 6. The van der Waals surface area contributed by atoms with Gasteiger partial charge in [-0.3, -0.25) is 14.5 Å². The van der Waals surface area contributed by atoms with Crippen molar-refractivity contribution in [2.24, 2.45) is 0 Å². The number of nitrogens with one attached hydrogen (secondary N) is 1. The summed E-state index contributed by atoms with van der Waals surface area (Å²) in [6.45, 7) is 1.25. The number of nitrogens with zero attached hydrogens (tertiary/aromatic N) is 1. The molecular weight excluding hydrogens is 431 g/mol. The second-order valence-electron chi connectivity index (χ2n) is 6.61. The second-order valence-corrected chi connectivity index (χ2v) is 7.46. The molecule has 0 aromatic heterocycles. The number of carbonyl (C=O) groups is 2. The largest absolute Gasteiger partial charge is 0.486 e. The molecular formula is C21H18Cl2N2O5. The van der Waals surface area contributed by atoms with Crippen LogP contribution in [0.25, 0.3) is 5.57 Å². The zero-order chi connectivity index (χ0) is 21.3. The fraction of sp³-hybridized carbons (Fsp3) is 0.238. The van der Waals surface area contributed by atoms with Gasteiger partial charge in [-0.1, -0.05) is 29.3 Å². The van der Waals surface area contributed by atoms with Crippen LogP contribution in [-0.2, 0) is 14.3 Å². The highest BCUT2D eigenvalue weighted by molar-refractivity contribution is 6.41. The number of fused-ring (bicyclic) bond motifs is 1. The van der Waals surface area contributed by atoms with Crippen molar-refractivity contribution in [3.05, 3.63) is 57.7 Å². The Morgan fingerprint density at radius 1 is 1.03 bits per heavy atom. The Balaban J connectivity index is 1.76. The number of benzene rings is 2. The molecule has 0 saturated carbocycles. The highest BCUT2D eigenvalue weighted by Gasteiger charge is 2.39. The third-order valence-corrected chi connectivity index (χ3v) is 5.25. The summed E-state index contributed by atoms with van der Waals surface area (Å²) in [5.74, 6) is 0.262. The summed E-state index contributed by atoms with van der Waals surface area (Å²) >= 11 is 12.3. The van der Waals surface area contributed by atoms with E-state index in [2.05, 4.69) is 5.32 Å². The predicted molar refractivity (Wildman–Crippen MR) is 113 cm³/mol. The summed E-state index contributed by atoms with van der Waals surface area (Å²) in [5.41, 5.74) is 1.29. The average molecular weight is 449 g/mol. The van der Waals surface area contributed by atoms with E-state index in [1.165, 1.54) is 13.2 Å². The van der Waals surface area contributed by atoms with Gasteiger partial charge in [-0.2, -0.15) is 0 Å². The van der Waals surface area contributed by atoms with Crippen molar-refractivity contribution < 1.29 is 23.8 Å². The summed E-state index contributed by atoms with van der Waals surface area (Å²) < 4.78 is 16.2. The monoisotopic (exact) mass is 448 g/mol. The number of hydrogen-bond acceptors (Lipinski definition) is 6. The minimum Gasteiger partial charge on any atom is -0.486 e. The van der Waals surface area contributed by atoms with Gasteiger partial charge in [0.25, 0.3) is 11.8 Å². The lowest BCUT2D eigenvalue weighted by Crippen LogP contribution is -2.35. The van der Waals surface area contributed by atoms with Crippen LogP contribution in [0.1, 0.15) is 5.56 Å². The van der Waals surface area contributed by atoms with Crippen molar-refractivity contribution in [2.75, 3.05) is 38.8 Å². The third kappa shape index (κ3) is 3.84. The van der Waals surface area contributed by atoms with Crippen molar-refractivity contribution in [3.63, 3.8) is 0 Å². The van der Waals surface area contributed by atoms with Gasteiger partial charge in [0.15, 0.2) is 11.5 Å². The van der Waals surface area contributed by atoms with E-state index in [0.29, 0.717) is 41.0 Å². The molecule has 0 fully saturated rings. The molecule has 156 valence electrons. The Morgan fingerprint density at radius 3 is 2.53 bits per heavy atom. The summed E-state index contributed by atoms with van der Waals surface area (Å²) in [6, 6.07) is 9.98. The molecule has 7 nitrogen and oxygen atoms in total. The quantitative estimate of drug-likeness (QED) is 0.680. The molecule has 2 aromatic rings. The van der Waals surface area contributed by atoms with Crippen LogP contribution in [0.5, 0.6) is 11.5 Å². The third-order valence-electron chi connectivity index (χ3n) is 4.70. The van der Waals surface area contributed by atoms with E-state index in [1.807, 2.05) is 0 Å². The van der Waals surface area contributed by atoms with Gasteiger partial charge >= 0.3 is 0 Å². The van der Waals surface area contributed by atoms with Crippen LogP contribution < -0.4 is 14.8 Å². The van der Waals surface area contributed by atoms with E-state index in [0.717, 1.165) is 4.90 Å². The highest BCUT2D eigenvalue weighted by Crippen LogP contribution is 2.37. The van der Waals surface area contributed by atoms with E-state index < -0.39 is 11.8 Å². The van der Waals surface area contributed by atoms with Gasteiger partial charge in [0, 0.05) is 29.4 Å². The molecule has 2 aromatic carbocycles. The van der Waals surface area contributed by atoms with Crippen LogP contribution in [0.3, 0.4) is 0 Å². The molecule has 2 amide bonds. The lowest BCUT2D eigenvalue weighted by Gasteiger charge is -2.19. The summed E-state index contributed by atoms with van der Waals surface area (Å²) in [4.78, 5) is 27.3. The molecule has 0 radical (unpaired) electrons. The van der Waals surface area contributed by atoms with Gasteiger partial charge < -0.3 is 19.5 Å². The van der Waals surface area contributed by atoms with E-state index in [4.69, 9.17) is 37.4 Å². The van der Waals surface area contributed by atoms with Gasteiger partial charge in [0.2, 0.25) is 0 Å². The maximum absolute atomic E-state index is 13.1. The summed E-state index contributed by atoms with van der Waals surface area (Å²) in [7, 11) is 1.50. The first-order valence-corrected chi connectivity index (χ1v) is 9.96. The zero-order valence-electron chi connectivity index (χ0n) is 16.0. The first kappa shape index (κ1) is 20.5. The van der Waals surface area contributed by atoms with Crippen LogP contribution in [0.15, 0.2) is 42.1 Å². The Hall–Kier alpha value is -2.74. The smallest absolute Gasteiger partial charge is 0.278 e. The molecule has 2 aliphatic heterocycles. The summed E-state index contributed by atoms with van der Waals surface area (Å²) in [6.07, 6.45) is 0. The highest BCUT2D eigenvalue weighted by atomic mass is 35.5. The molecule has 0 spiro atoms. The number of carbonyl (C=O) groups excluding carboxylic acids is 2. The molecule has 9 heteroatoms. The fourth-order valence-electron chi connectivity index (χ4n) is 3.29. The first-order valence-electron chi connectivity index (χ1n) is 9.21. The van der Waals surface area contributed by atoms with Crippen LogP contribution in [0.4, 0.5) is 5.69 Å². The SMILES string of the molecule is COCCN1C(=O)C(Nc2ccc3c(c2)OCCO3)=C(c2ccc(Cl)cc2Cl)C1=O. The van der Waals surface area contributed by atoms with Crippen molar-refractivity contribution in [1.29, 1.82) is 0 Å². The summed E-state index contributed by atoms with van der Waals surface area (Å²) in [5, 5.41) is 3.77. The number of methoxy groups -OCH3 is 1. The van der Waals surface area contributed by atoms with E-state index >= 15 is 0 Å². The topological polar surface area (TPSA) is 77.1 Å². The standard InChI is InChI=1S/C21H18Cl2N2O5/c1-28-7-6-25-20(26)18(14-4-2-12(22)10-15(14)23)19(21(25)27)24-13-3-5-16-17(11-13)30-9-8-29-16/h2-5,10-11,24H,6-9H2,1H3. The first-order chi connectivity index (χ1) is 14.5. The number of ether oxygens (including phenoxy) is 3. The molecule has 0 saturated heterocycles. The second kappa shape index (κ2) is 8.55. The minimum absolute atomic E-state index is 0.120. The number of amides is 2. The van der Waals surface area contributed by atoms with Crippen LogP contribution in [0.2, 0.25) is 10.0 Å². The molecule has 2 heterocycles. The van der Waals surface area contributed by atoms with Crippen molar-refractivity contribution >= 4 is 46.3 Å². The lowest BCUT2D eigenvalue weighted by atomic mass is 10.0. The van der Waals surface area contributed by atoms with Gasteiger partial charge in [0.1, 0.15) is 18.9 Å². The van der Waals surface area contributed by atoms with Gasteiger partial charge in [-0.25, -0.2) is 0 Å². The van der Waals surface area contributed by atoms with Crippen LogP contribution >= 0.6 is 23.2 Å². The maximum atomic E-state index is 13.1. The zero-order valence-corrected chi connectivity index (χ0v) is 17.5. The molecule has 4 rings (SSSR count). The van der Waals surface area contributed by atoms with Crippen molar-refractivity contribution in [3.8, 4) is 11.5 Å². The Labute approximate surface area is 183 Å². The van der Waals surface area contributed by atoms with Crippen molar-refractivity contribution in [2.45, 2.75) is 0 Å². The van der Waals surface area contributed by atoms with Crippen LogP contribution in [-0.4, -0.2) is 50.2 Å². The average Bonchev–Trinajstić information content (AvgIpc) is 2.96. The Kier molecular flexibility index (Phi) is 5.85. The Bertz CT molecular complexity index is 1050. The van der Waals surface area contributed by atoms with Crippen LogP contribution in [0, 0.1) is 0 Å². The predicted octanol–water partition coefficient (Wildman–Crippen LogP) is 3.60. The minimum atomic E-state index is -0.465. The molecule has 2 aliphatic rings. The molecule has 0 unspecified atom stereocenters. The van der Waals surface area contributed by atoms with E-state index in [-0.39, 0.29) is 29.4 Å². The molecule has 1 N–H and O–H groups in total. The molecule has 0 aliphatic carbocycles.